The molecule has 0 amide bonds. The van der Waals surface area contributed by atoms with Crippen LogP contribution in [0.5, 0.6) is 0 Å². The van der Waals surface area contributed by atoms with Gasteiger partial charge in [-0.05, 0) is 64.2 Å². The summed E-state index contributed by atoms with van der Waals surface area (Å²) < 4.78 is 16.8. The fourth-order valence-electron chi connectivity index (χ4n) is 7.11. The highest BCUT2D eigenvalue weighted by atomic mass is 16.6. The van der Waals surface area contributed by atoms with Gasteiger partial charge in [0.2, 0.25) is 0 Å². The maximum Gasteiger partial charge on any atom is 0.306 e. The highest BCUT2D eigenvalue weighted by molar-refractivity contribution is 5.71. The molecule has 6 heteroatoms. The first-order chi connectivity index (χ1) is 30.5. The predicted octanol–water partition coefficient (Wildman–Crippen LogP) is 17.0. The summed E-state index contributed by atoms with van der Waals surface area (Å²) >= 11 is 0. The Bertz CT molecular complexity index is 1180. The fraction of sp³-hybridized carbons (Fsp3) is 0.732. The minimum atomic E-state index is -0.791. The summed E-state index contributed by atoms with van der Waals surface area (Å²) in [7, 11) is 0. The smallest absolute Gasteiger partial charge is 0.306 e. The van der Waals surface area contributed by atoms with E-state index in [1.165, 1.54) is 109 Å². The van der Waals surface area contributed by atoms with Crippen molar-refractivity contribution < 1.29 is 28.6 Å². The van der Waals surface area contributed by atoms with Crippen LogP contribution < -0.4 is 0 Å². The SMILES string of the molecule is CCC\C=C/C=C\C=C/C=C\C=C/CCCCCCCC(=O)OCC(COC(=O)CCCCCCCCCCCCCCC)OC(=O)CCCCC/C=C\CCCCCCCC. The molecule has 1 atom stereocenters. The second kappa shape index (κ2) is 50.5. The molecular weight excluding hydrogens is 769 g/mol. The van der Waals surface area contributed by atoms with Crippen LogP contribution in [0.15, 0.2) is 72.9 Å². The van der Waals surface area contributed by atoms with Gasteiger partial charge in [-0.15, -0.1) is 0 Å². The van der Waals surface area contributed by atoms with Crippen LogP contribution in [0.1, 0.15) is 245 Å². The third kappa shape index (κ3) is 47.9. The quantitative estimate of drug-likeness (QED) is 0.0199. The maximum atomic E-state index is 12.8. The molecule has 0 heterocycles. The second-order valence-electron chi connectivity index (χ2n) is 17.2. The molecule has 0 spiro atoms. The molecule has 356 valence electrons. The second-order valence-corrected chi connectivity index (χ2v) is 17.2. The number of carbonyl (C=O) groups is 3. The van der Waals surface area contributed by atoms with Gasteiger partial charge in [-0.25, -0.2) is 0 Å². The first-order valence-electron chi connectivity index (χ1n) is 26.0. The first-order valence-corrected chi connectivity index (χ1v) is 26.0. The number of allylic oxidation sites excluding steroid dienone is 12. The summed E-state index contributed by atoms with van der Waals surface area (Å²) in [6.07, 6.45) is 63.0. The van der Waals surface area contributed by atoms with Crippen molar-refractivity contribution in [2.75, 3.05) is 13.2 Å². The van der Waals surface area contributed by atoms with E-state index in [0.29, 0.717) is 19.3 Å². The number of carbonyl (C=O) groups excluding carboxylic acids is 3. The maximum absolute atomic E-state index is 12.8. The minimum Gasteiger partial charge on any atom is -0.462 e. The Morgan fingerprint density at radius 3 is 1.03 bits per heavy atom. The van der Waals surface area contributed by atoms with Gasteiger partial charge in [-0.3, -0.25) is 14.4 Å². The number of ether oxygens (including phenoxy) is 3. The third-order valence-electron chi connectivity index (χ3n) is 11.0. The molecule has 0 radical (unpaired) electrons. The average Bonchev–Trinajstić information content (AvgIpc) is 3.27. The molecule has 0 saturated heterocycles. The molecule has 0 aliphatic rings. The van der Waals surface area contributed by atoms with Gasteiger partial charge in [0.15, 0.2) is 6.10 Å². The lowest BCUT2D eigenvalue weighted by molar-refractivity contribution is -0.167. The molecule has 0 fully saturated rings. The Balaban J connectivity index is 4.44. The molecule has 0 N–H and O–H groups in total. The zero-order valence-electron chi connectivity index (χ0n) is 40.6. The summed E-state index contributed by atoms with van der Waals surface area (Å²) in [5.41, 5.74) is 0. The number of unbranched alkanes of at least 4 members (excludes halogenated alkanes) is 27. The van der Waals surface area contributed by atoms with Crippen LogP contribution >= 0.6 is 0 Å². The van der Waals surface area contributed by atoms with E-state index < -0.39 is 6.10 Å². The summed E-state index contributed by atoms with van der Waals surface area (Å²) in [5.74, 6) is -0.927. The highest BCUT2D eigenvalue weighted by Gasteiger charge is 2.19. The first kappa shape index (κ1) is 58.9. The van der Waals surface area contributed by atoms with Crippen LogP contribution in [-0.4, -0.2) is 37.2 Å². The Morgan fingerprint density at radius 2 is 0.629 bits per heavy atom. The minimum absolute atomic E-state index is 0.0883. The van der Waals surface area contributed by atoms with Gasteiger partial charge in [0.25, 0.3) is 0 Å². The van der Waals surface area contributed by atoms with Crippen molar-refractivity contribution in [3.8, 4) is 0 Å². The van der Waals surface area contributed by atoms with E-state index in [9.17, 15) is 14.4 Å². The largest absolute Gasteiger partial charge is 0.462 e. The summed E-state index contributed by atoms with van der Waals surface area (Å²) in [6, 6.07) is 0. The van der Waals surface area contributed by atoms with Crippen LogP contribution in [-0.2, 0) is 28.6 Å². The van der Waals surface area contributed by atoms with E-state index in [1.54, 1.807) is 0 Å². The molecule has 0 aliphatic carbocycles. The predicted molar refractivity (Wildman–Crippen MR) is 265 cm³/mol. The Morgan fingerprint density at radius 1 is 0.323 bits per heavy atom. The van der Waals surface area contributed by atoms with Crippen molar-refractivity contribution >= 4 is 17.9 Å². The van der Waals surface area contributed by atoms with Gasteiger partial charge in [0, 0.05) is 19.3 Å². The number of hydrogen-bond donors (Lipinski definition) is 0. The number of rotatable bonds is 46. The molecule has 1 unspecified atom stereocenters. The Kier molecular flexibility index (Phi) is 47.9. The molecule has 0 aromatic carbocycles. The molecule has 0 rings (SSSR count). The van der Waals surface area contributed by atoms with Crippen LogP contribution in [0, 0.1) is 0 Å². The molecule has 62 heavy (non-hydrogen) atoms. The average molecular weight is 865 g/mol. The van der Waals surface area contributed by atoms with E-state index in [1.807, 2.05) is 24.3 Å². The van der Waals surface area contributed by atoms with Gasteiger partial charge in [0.1, 0.15) is 13.2 Å². The van der Waals surface area contributed by atoms with Gasteiger partial charge in [-0.1, -0.05) is 235 Å². The van der Waals surface area contributed by atoms with E-state index in [-0.39, 0.29) is 31.1 Å². The molecule has 6 nitrogen and oxygen atoms in total. The lowest BCUT2D eigenvalue weighted by Gasteiger charge is -2.18. The normalized spacial score (nSPS) is 12.6. The van der Waals surface area contributed by atoms with Gasteiger partial charge < -0.3 is 14.2 Å². The van der Waals surface area contributed by atoms with Gasteiger partial charge in [0.05, 0.1) is 0 Å². The van der Waals surface area contributed by atoms with E-state index in [0.717, 1.165) is 96.3 Å². The fourth-order valence-corrected chi connectivity index (χ4v) is 7.11. The number of esters is 3. The van der Waals surface area contributed by atoms with Gasteiger partial charge >= 0.3 is 17.9 Å². The third-order valence-corrected chi connectivity index (χ3v) is 11.0. The number of hydrogen-bond acceptors (Lipinski definition) is 6. The molecule has 0 bridgehead atoms. The zero-order chi connectivity index (χ0) is 45.1. The van der Waals surface area contributed by atoms with E-state index in [4.69, 9.17) is 14.2 Å². The standard InChI is InChI=1S/C56H96O6/c1-4-7-10-13-16-19-22-25-26-27-28-29-32-34-37-40-43-46-49-55(58)61-52-53(62-56(59)50-47-44-41-38-35-31-24-21-18-15-12-9-6-3)51-60-54(57)48-45-42-39-36-33-30-23-20-17-14-11-8-5-2/h10,13,16,19,22,25-29,31,35,53H,4-9,11-12,14-15,17-18,20-21,23-24,30,32-34,36-52H2,1-3H3/b13-10-,19-16-,25-22-,27-26-,29-28-,35-31-. The van der Waals surface area contributed by atoms with Crippen molar-refractivity contribution in [1.82, 2.24) is 0 Å². The zero-order valence-corrected chi connectivity index (χ0v) is 40.6. The van der Waals surface area contributed by atoms with E-state index >= 15 is 0 Å². The van der Waals surface area contributed by atoms with Gasteiger partial charge in [-0.2, -0.15) is 0 Å². The molecular formula is C56H96O6. The molecule has 0 aromatic rings. The summed E-state index contributed by atoms with van der Waals surface area (Å²) in [4.78, 5) is 38.0. The van der Waals surface area contributed by atoms with Crippen molar-refractivity contribution in [2.24, 2.45) is 0 Å². The lowest BCUT2D eigenvalue weighted by atomic mass is 10.0. The monoisotopic (exact) mass is 865 g/mol. The molecule has 0 aliphatic heterocycles. The van der Waals surface area contributed by atoms with Crippen molar-refractivity contribution in [1.29, 1.82) is 0 Å². The Labute approximate surface area is 382 Å². The highest BCUT2D eigenvalue weighted by Crippen LogP contribution is 2.15. The molecule has 0 aromatic heterocycles. The van der Waals surface area contributed by atoms with Crippen LogP contribution in [0.2, 0.25) is 0 Å². The lowest BCUT2D eigenvalue weighted by Crippen LogP contribution is -2.30. The van der Waals surface area contributed by atoms with Crippen LogP contribution in [0.3, 0.4) is 0 Å². The van der Waals surface area contributed by atoms with Crippen LogP contribution in [0.4, 0.5) is 0 Å². The van der Waals surface area contributed by atoms with Crippen LogP contribution in [0.25, 0.3) is 0 Å². The van der Waals surface area contributed by atoms with E-state index in [2.05, 4.69) is 69.4 Å². The van der Waals surface area contributed by atoms with Crippen molar-refractivity contribution in [2.45, 2.75) is 252 Å². The summed E-state index contributed by atoms with van der Waals surface area (Å²) in [6.45, 7) is 6.51. The topological polar surface area (TPSA) is 78.9 Å². The Hall–Kier alpha value is -3.15. The van der Waals surface area contributed by atoms with Crippen molar-refractivity contribution in [3.63, 3.8) is 0 Å². The summed E-state index contributed by atoms with van der Waals surface area (Å²) in [5, 5.41) is 0. The van der Waals surface area contributed by atoms with Crippen molar-refractivity contribution in [3.05, 3.63) is 72.9 Å². The molecule has 0 saturated carbocycles.